The fourth-order valence-electron chi connectivity index (χ4n) is 1.82. The summed E-state index contributed by atoms with van der Waals surface area (Å²) in [5.74, 6) is 0.672. The van der Waals surface area contributed by atoms with Gasteiger partial charge in [0.1, 0.15) is 0 Å². The number of hydrogen-bond donors (Lipinski definition) is 2. The number of anilines is 1. The van der Waals surface area contributed by atoms with Gasteiger partial charge in [-0.2, -0.15) is 0 Å². The van der Waals surface area contributed by atoms with Crippen LogP contribution < -0.4 is 11.5 Å². The predicted octanol–water partition coefficient (Wildman–Crippen LogP) is 2.83. The molecule has 2 nitrogen and oxygen atoms in total. The van der Waals surface area contributed by atoms with Crippen LogP contribution in [0.1, 0.15) is 30.9 Å². The van der Waals surface area contributed by atoms with Crippen molar-refractivity contribution in [1.29, 1.82) is 0 Å². The van der Waals surface area contributed by atoms with Crippen LogP contribution in [0, 0.1) is 5.92 Å². The molecule has 1 aliphatic rings. The number of nitrogen functional groups attached to an aromatic ring is 1. The lowest BCUT2D eigenvalue weighted by molar-refractivity contribution is 0.264. The van der Waals surface area contributed by atoms with Gasteiger partial charge in [0.05, 0.1) is 0 Å². The van der Waals surface area contributed by atoms with Gasteiger partial charge in [0.2, 0.25) is 0 Å². The summed E-state index contributed by atoms with van der Waals surface area (Å²) in [6.45, 7) is 0. The second-order valence-corrected chi connectivity index (χ2v) is 4.85. The van der Waals surface area contributed by atoms with Crippen molar-refractivity contribution in [3.05, 3.63) is 28.2 Å². The number of halogens is 1. The zero-order valence-electron chi connectivity index (χ0n) is 8.04. The Kier molecular flexibility index (Phi) is 2.79. The molecule has 1 atom stereocenters. The first kappa shape index (κ1) is 9.99. The number of nitrogens with two attached hydrogens (primary N) is 2. The fraction of sp³-hybridized carbons (Fsp3) is 0.455. The zero-order chi connectivity index (χ0) is 10.1. The molecule has 0 radical (unpaired) electrons. The average Bonchev–Trinajstić information content (AvgIpc) is 2.06. The van der Waals surface area contributed by atoms with E-state index in [1.165, 1.54) is 24.8 Å². The third-order valence-corrected chi connectivity index (χ3v) is 3.75. The van der Waals surface area contributed by atoms with Crippen molar-refractivity contribution in [2.24, 2.45) is 11.7 Å². The molecule has 0 amide bonds. The maximum atomic E-state index is 6.16. The van der Waals surface area contributed by atoms with E-state index in [1.54, 1.807) is 0 Å². The summed E-state index contributed by atoms with van der Waals surface area (Å²) in [5, 5.41) is 0. The summed E-state index contributed by atoms with van der Waals surface area (Å²) < 4.78 is 0.949. The van der Waals surface area contributed by atoms with Gasteiger partial charge in [-0.15, -0.1) is 0 Å². The van der Waals surface area contributed by atoms with E-state index >= 15 is 0 Å². The molecule has 0 aromatic heterocycles. The molecule has 0 heterocycles. The molecule has 1 aromatic rings. The lowest BCUT2D eigenvalue weighted by atomic mass is 9.77. The summed E-state index contributed by atoms with van der Waals surface area (Å²) in [6, 6.07) is 6.17. The predicted molar refractivity (Wildman–Crippen MR) is 62.8 cm³/mol. The summed E-state index contributed by atoms with van der Waals surface area (Å²) in [4.78, 5) is 0. The van der Waals surface area contributed by atoms with Crippen LogP contribution in [0.3, 0.4) is 0 Å². The van der Waals surface area contributed by atoms with Crippen LogP contribution in [0.5, 0.6) is 0 Å². The summed E-state index contributed by atoms with van der Waals surface area (Å²) in [6.07, 6.45) is 3.86. The van der Waals surface area contributed by atoms with E-state index in [4.69, 9.17) is 11.5 Å². The minimum absolute atomic E-state index is 0.181. The molecule has 0 unspecified atom stereocenters. The average molecular weight is 255 g/mol. The standard InChI is InChI=1S/C11H15BrN2/c12-9-6-8(4-5-10(9)13)11(14)7-2-1-3-7/h4-7,11H,1-3,13-14H2/t11-/m0/s1. The van der Waals surface area contributed by atoms with E-state index in [0.717, 1.165) is 10.2 Å². The summed E-state index contributed by atoms with van der Waals surface area (Å²) >= 11 is 3.42. The van der Waals surface area contributed by atoms with E-state index in [0.29, 0.717) is 5.92 Å². The van der Waals surface area contributed by atoms with Crippen LogP contribution >= 0.6 is 15.9 Å². The Morgan fingerprint density at radius 3 is 2.57 bits per heavy atom. The van der Waals surface area contributed by atoms with Gasteiger partial charge in [0.25, 0.3) is 0 Å². The van der Waals surface area contributed by atoms with Gasteiger partial charge in [-0.1, -0.05) is 12.5 Å². The summed E-state index contributed by atoms with van der Waals surface area (Å²) in [7, 11) is 0. The van der Waals surface area contributed by atoms with Gasteiger partial charge < -0.3 is 11.5 Å². The highest BCUT2D eigenvalue weighted by Crippen LogP contribution is 2.37. The first-order valence-corrected chi connectivity index (χ1v) is 5.78. The molecule has 76 valence electrons. The minimum Gasteiger partial charge on any atom is -0.398 e. The number of rotatable bonds is 2. The molecule has 2 rings (SSSR count). The van der Waals surface area contributed by atoms with Crippen molar-refractivity contribution in [3.63, 3.8) is 0 Å². The molecule has 0 spiro atoms. The highest BCUT2D eigenvalue weighted by Gasteiger charge is 2.25. The van der Waals surface area contributed by atoms with Crippen LogP contribution in [-0.4, -0.2) is 0 Å². The van der Waals surface area contributed by atoms with Gasteiger partial charge in [0.15, 0.2) is 0 Å². The molecule has 4 N–H and O–H groups in total. The van der Waals surface area contributed by atoms with Crippen LogP contribution in [-0.2, 0) is 0 Å². The molecule has 1 aromatic carbocycles. The van der Waals surface area contributed by atoms with Crippen LogP contribution in [0.15, 0.2) is 22.7 Å². The lowest BCUT2D eigenvalue weighted by Crippen LogP contribution is -2.26. The molecule has 1 saturated carbocycles. The van der Waals surface area contributed by atoms with Crippen molar-refractivity contribution in [2.75, 3.05) is 5.73 Å². The molecule has 3 heteroatoms. The third-order valence-electron chi connectivity index (χ3n) is 3.07. The molecule has 0 bridgehead atoms. The van der Waals surface area contributed by atoms with Gasteiger partial charge in [-0.05, 0) is 52.4 Å². The van der Waals surface area contributed by atoms with Crippen LogP contribution in [0.4, 0.5) is 5.69 Å². The van der Waals surface area contributed by atoms with Crippen molar-refractivity contribution in [3.8, 4) is 0 Å². The minimum atomic E-state index is 0.181. The van der Waals surface area contributed by atoms with Crippen LogP contribution in [0.25, 0.3) is 0 Å². The largest absolute Gasteiger partial charge is 0.398 e. The molecule has 1 fully saturated rings. The third kappa shape index (κ3) is 1.79. The highest BCUT2D eigenvalue weighted by molar-refractivity contribution is 9.10. The first-order valence-electron chi connectivity index (χ1n) is 4.99. The van der Waals surface area contributed by atoms with Crippen molar-refractivity contribution >= 4 is 21.6 Å². The normalized spacial score (nSPS) is 19.0. The lowest BCUT2D eigenvalue weighted by Gasteiger charge is -2.31. The number of benzene rings is 1. The topological polar surface area (TPSA) is 52.0 Å². The number of hydrogen-bond acceptors (Lipinski definition) is 2. The maximum Gasteiger partial charge on any atom is 0.0458 e. The molecule has 14 heavy (non-hydrogen) atoms. The monoisotopic (exact) mass is 254 g/mol. The molecule has 0 aliphatic heterocycles. The Bertz CT molecular complexity index is 334. The quantitative estimate of drug-likeness (QED) is 0.798. The maximum absolute atomic E-state index is 6.16. The van der Waals surface area contributed by atoms with Gasteiger partial charge >= 0.3 is 0 Å². The smallest absolute Gasteiger partial charge is 0.0458 e. The van der Waals surface area contributed by atoms with E-state index in [-0.39, 0.29) is 6.04 Å². The van der Waals surface area contributed by atoms with Crippen LogP contribution in [0.2, 0.25) is 0 Å². The molecular formula is C11H15BrN2. The molecule has 1 aliphatic carbocycles. The SMILES string of the molecule is Nc1ccc([C@@H](N)C2CCC2)cc1Br. The van der Waals surface area contributed by atoms with E-state index < -0.39 is 0 Å². The fourth-order valence-corrected chi connectivity index (χ4v) is 2.22. The van der Waals surface area contributed by atoms with Crippen molar-refractivity contribution < 1.29 is 0 Å². The van der Waals surface area contributed by atoms with E-state index in [2.05, 4.69) is 15.9 Å². The second-order valence-electron chi connectivity index (χ2n) is 4.00. The van der Waals surface area contributed by atoms with Crippen molar-refractivity contribution in [1.82, 2.24) is 0 Å². The Balaban J connectivity index is 2.18. The zero-order valence-corrected chi connectivity index (χ0v) is 9.63. The van der Waals surface area contributed by atoms with E-state index in [1.807, 2.05) is 18.2 Å². The van der Waals surface area contributed by atoms with Crippen molar-refractivity contribution in [2.45, 2.75) is 25.3 Å². The Labute approximate surface area is 92.8 Å². The first-order chi connectivity index (χ1) is 6.68. The van der Waals surface area contributed by atoms with Gasteiger partial charge in [-0.3, -0.25) is 0 Å². The highest BCUT2D eigenvalue weighted by atomic mass is 79.9. The Morgan fingerprint density at radius 2 is 2.07 bits per heavy atom. The van der Waals surface area contributed by atoms with E-state index in [9.17, 15) is 0 Å². The molecular weight excluding hydrogens is 240 g/mol. The Hall–Kier alpha value is -0.540. The van der Waals surface area contributed by atoms with Gasteiger partial charge in [0, 0.05) is 16.2 Å². The Morgan fingerprint density at radius 1 is 1.36 bits per heavy atom. The van der Waals surface area contributed by atoms with Gasteiger partial charge in [-0.25, -0.2) is 0 Å². The summed E-state index contributed by atoms with van der Waals surface area (Å²) in [5.41, 5.74) is 13.8. The second kappa shape index (κ2) is 3.91. The molecule has 0 saturated heterocycles.